The number of carbonyl (C=O) groups is 3. The van der Waals surface area contributed by atoms with Gasteiger partial charge in [0.05, 0.1) is 11.3 Å². The van der Waals surface area contributed by atoms with Crippen molar-refractivity contribution in [1.82, 2.24) is 4.90 Å². The summed E-state index contributed by atoms with van der Waals surface area (Å²) in [5.74, 6) is -1.65. The number of para-hydroxylation sites is 1. The highest BCUT2D eigenvalue weighted by Crippen LogP contribution is 2.23. The van der Waals surface area contributed by atoms with Crippen LogP contribution in [0.3, 0.4) is 0 Å². The fraction of sp³-hybridized carbons (Fsp3) is 0.211. The molecule has 0 aliphatic carbocycles. The van der Waals surface area contributed by atoms with E-state index in [1.165, 1.54) is 30.0 Å². The lowest BCUT2D eigenvalue weighted by atomic mass is 10.1. The van der Waals surface area contributed by atoms with Crippen LogP contribution in [0.2, 0.25) is 0 Å². The second-order valence-corrected chi connectivity index (χ2v) is 5.90. The summed E-state index contributed by atoms with van der Waals surface area (Å²) in [7, 11) is 3.18. The molecule has 0 aliphatic heterocycles. The number of ether oxygens (including phenoxy) is 1. The fourth-order valence-electron chi connectivity index (χ4n) is 2.14. The van der Waals surface area contributed by atoms with Crippen LogP contribution >= 0.6 is 0 Å². The number of anilines is 2. The molecule has 2 aromatic rings. The molecule has 0 aliphatic rings. The van der Waals surface area contributed by atoms with Gasteiger partial charge in [-0.3, -0.25) is 14.4 Å². The van der Waals surface area contributed by atoms with E-state index >= 15 is 0 Å². The Morgan fingerprint density at radius 3 is 2.44 bits per heavy atom. The van der Waals surface area contributed by atoms with E-state index in [0.29, 0.717) is 5.69 Å². The van der Waals surface area contributed by atoms with Gasteiger partial charge in [0.1, 0.15) is 11.6 Å². The van der Waals surface area contributed by atoms with Crippen LogP contribution in [0.25, 0.3) is 0 Å². The van der Waals surface area contributed by atoms with E-state index in [1.807, 2.05) is 0 Å². The van der Waals surface area contributed by atoms with Crippen LogP contribution in [0.4, 0.5) is 15.8 Å². The van der Waals surface area contributed by atoms with E-state index in [9.17, 15) is 18.8 Å². The summed E-state index contributed by atoms with van der Waals surface area (Å²) in [4.78, 5) is 36.7. The van der Waals surface area contributed by atoms with E-state index in [2.05, 4.69) is 10.6 Å². The number of carbonyl (C=O) groups excluding carboxylic acids is 3. The maximum Gasteiger partial charge on any atom is 0.259 e. The Labute approximate surface area is 156 Å². The highest BCUT2D eigenvalue weighted by molar-refractivity contribution is 6.06. The van der Waals surface area contributed by atoms with Crippen LogP contribution in [-0.4, -0.2) is 43.3 Å². The Morgan fingerprint density at radius 1 is 1.07 bits per heavy atom. The first-order chi connectivity index (χ1) is 12.8. The molecule has 0 saturated heterocycles. The molecule has 7 nitrogen and oxygen atoms in total. The number of likely N-dealkylation sites (N-methyl/N-ethyl adjacent to an activating group) is 1. The molecule has 0 spiro atoms. The minimum Gasteiger partial charge on any atom is -0.483 e. The molecule has 0 heterocycles. The molecule has 0 fully saturated rings. The molecular formula is C19H20FN3O4. The van der Waals surface area contributed by atoms with Crippen LogP contribution in [0.15, 0.2) is 42.5 Å². The third-order valence-electron chi connectivity index (χ3n) is 3.52. The smallest absolute Gasteiger partial charge is 0.259 e. The van der Waals surface area contributed by atoms with Gasteiger partial charge in [0, 0.05) is 26.7 Å². The van der Waals surface area contributed by atoms with Gasteiger partial charge in [0.2, 0.25) is 5.91 Å². The van der Waals surface area contributed by atoms with Gasteiger partial charge in [-0.1, -0.05) is 12.1 Å². The zero-order chi connectivity index (χ0) is 20.0. The van der Waals surface area contributed by atoms with Crippen molar-refractivity contribution in [3.63, 3.8) is 0 Å². The molecule has 0 bridgehead atoms. The third-order valence-corrected chi connectivity index (χ3v) is 3.52. The van der Waals surface area contributed by atoms with Gasteiger partial charge in [0.25, 0.3) is 11.8 Å². The maximum atomic E-state index is 14.0. The van der Waals surface area contributed by atoms with Crippen molar-refractivity contribution in [3.05, 3.63) is 53.8 Å². The first kappa shape index (κ1) is 19.9. The lowest BCUT2D eigenvalue weighted by molar-refractivity contribution is -0.130. The van der Waals surface area contributed by atoms with Gasteiger partial charge in [-0.2, -0.15) is 0 Å². The fourth-order valence-corrected chi connectivity index (χ4v) is 2.14. The molecule has 3 amide bonds. The number of rotatable bonds is 6. The maximum absolute atomic E-state index is 14.0. The van der Waals surface area contributed by atoms with E-state index in [1.54, 1.807) is 32.3 Å². The van der Waals surface area contributed by atoms with Crippen molar-refractivity contribution in [2.75, 3.05) is 31.3 Å². The predicted molar refractivity (Wildman–Crippen MR) is 99.3 cm³/mol. The Balaban J connectivity index is 2.19. The number of amides is 3. The zero-order valence-corrected chi connectivity index (χ0v) is 15.2. The first-order valence-corrected chi connectivity index (χ1v) is 8.08. The summed E-state index contributed by atoms with van der Waals surface area (Å²) in [5, 5.41) is 4.97. The van der Waals surface area contributed by atoms with Crippen molar-refractivity contribution >= 4 is 29.1 Å². The molecule has 2 rings (SSSR count). The van der Waals surface area contributed by atoms with E-state index in [-0.39, 0.29) is 35.4 Å². The predicted octanol–water partition coefficient (Wildman–Crippen LogP) is 2.50. The topological polar surface area (TPSA) is 87.7 Å². The van der Waals surface area contributed by atoms with Gasteiger partial charge >= 0.3 is 0 Å². The number of benzene rings is 2. The van der Waals surface area contributed by atoms with Crippen LogP contribution in [-0.2, 0) is 9.59 Å². The van der Waals surface area contributed by atoms with E-state index < -0.39 is 11.7 Å². The summed E-state index contributed by atoms with van der Waals surface area (Å²) >= 11 is 0. The quantitative estimate of drug-likeness (QED) is 0.814. The molecule has 142 valence electrons. The van der Waals surface area contributed by atoms with Gasteiger partial charge in [-0.15, -0.1) is 0 Å². The number of hydrogen-bond donors (Lipinski definition) is 2. The lowest BCUT2D eigenvalue weighted by Crippen LogP contribution is -2.28. The Bertz CT molecular complexity index is 868. The molecule has 0 saturated carbocycles. The number of nitrogens with one attached hydrogen (secondary N) is 2. The second-order valence-electron chi connectivity index (χ2n) is 5.90. The molecule has 0 radical (unpaired) electrons. The Morgan fingerprint density at radius 2 is 1.78 bits per heavy atom. The monoisotopic (exact) mass is 373 g/mol. The van der Waals surface area contributed by atoms with Crippen molar-refractivity contribution < 1.29 is 23.5 Å². The van der Waals surface area contributed by atoms with Crippen LogP contribution < -0.4 is 15.4 Å². The molecule has 0 atom stereocenters. The highest BCUT2D eigenvalue weighted by Gasteiger charge is 2.16. The van der Waals surface area contributed by atoms with E-state index in [0.717, 1.165) is 6.07 Å². The lowest BCUT2D eigenvalue weighted by Gasteiger charge is -2.14. The van der Waals surface area contributed by atoms with Crippen LogP contribution in [0.1, 0.15) is 17.3 Å². The zero-order valence-electron chi connectivity index (χ0n) is 15.2. The number of hydrogen-bond acceptors (Lipinski definition) is 4. The average Bonchev–Trinajstić information content (AvgIpc) is 2.62. The normalized spacial score (nSPS) is 10.1. The molecule has 2 N–H and O–H groups in total. The number of halogens is 1. The minimum atomic E-state index is -0.654. The third kappa shape index (κ3) is 5.53. The van der Waals surface area contributed by atoms with Crippen molar-refractivity contribution in [3.8, 4) is 5.75 Å². The van der Waals surface area contributed by atoms with Crippen molar-refractivity contribution in [2.45, 2.75) is 6.92 Å². The summed E-state index contributed by atoms with van der Waals surface area (Å²) < 4.78 is 19.4. The summed E-state index contributed by atoms with van der Waals surface area (Å²) in [6.45, 7) is 1.09. The molecule has 2 aromatic carbocycles. The summed E-state index contributed by atoms with van der Waals surface area (Å²) in [5.41, 5.74) is 0.402. The van der Waals surface area contributed by atoms with Crippen molar-refractivity contribution in [1.29, 1.82) is 0 Å². The summed E-state index contributed by atoms with van der Waals surface area (Å²) in [6.07, 6.45) is 0. The molecule has 8 heteroatoms. The molecular weight excluding hydrogens is 353 g/mol. The van der Waals surface area contributed by atoms with E-state index in [4.69, 9.17) is 4.74 Å². The van der Waals surface area contributed by atoms with Gasteiger partial charge in [0.15, 0.2) is 6.61 Å². The highest BCUT2D eigenvalue weighted by atomic mass is 19.1. The Hall–Kier alpha value is -3.42. The van der Waals surface area contributed by atoms with Crippen LogP contribution in [0.5, 0.6) is 5.75 Å². The second kappa shape index (κ2) is 8.79. The largest absolute Gasteiger partial charge is 0.483 e. The van der Waals surface area contributed by atoms with Gasteiger partial charge < -0.3 is 20.3 Å². The summed E-state index contributed by atoms with van der Waals surface area (Å²) in [6, 6.07) is 10.2. The SMILES string of the molecule is CC(=O)Nc1ccc(F)c(NC(=O)c2ccccc2OCC(=O)N(C)C)c1. The Kier molecular flexibility index (Phi) is 6.48. The van der Waals surface area contributed by atoms with Crippen LogP contribution in [0, 0.1) is 5.82 Å². The first-order valence-electron chi connectivity index (χ1n) is 8.08. The molecule has 0 unspecified atom stereocenters. The minimum absolute atomic E-state index is 0.0922. The number of nitrogens with zero attached hydrogens (tertiary/aromatic N) is 1. The van der Waals surface area contributed by atoms with Gasteiger partial charge in [-0.05, 0) is 30.3 Å². The molecule has 0 aromatic heterocycles. The van der Waals surface area contributed by atoms with Gasteiger partial charge in [-0.25, -0.2) is 4.39 Å². The standard InChI is InChI=1S/C19H20FN3O4/c1-12(24)21-13-8-9-15(20)16(10-13)22-19(26)14-6-4-5-7-17(14)27-11-18(25)23(2)3/h4-10H,11H2,1-3H3,(H,21,24)(H,22,26). The average molecular weight is 373 g/mol. The molecule has 27 heavy (non-hydrogen) atoms. The van der Waals surface area contributed by atoms with Crippen molar-refractivity contribution in [2.24, 2.45) is 0 Å².